The van der Waals surface area contributed by atoms with Gasteiger partial charge in [-0.15, -0.1) is 0 Å². The lowest BCUT2D eigenvalue weighted by molar-refractivity contribution is 0.0663. The Bertz CT molecular complexity index is 994. The van der Waals surface area contributed by atoms with Crippen molar-refractivity contribution in [2.75, 3.05) is 13.7 Å². The SMILES string of the molecule is COc1cc(C(=O)N2CCn3cccc3C2c2ccccc2)ccc1OC(C)C. The summed E-state index contributed by atoms with van der Waals surface area (Å²) >= 11 is 0. The molecule has 29 heavy (non-hydrogen) atoms. The number of amides is 1. The molecule has 2 heterocycles. The standard InChI is InChI=1S/C24H26N2O3/c1-17(2)29-21-12-11-19(16-22(21)28-3)24(27)26-15-14-25-13-7-10-20(25)23(26)18-8-5-4-6-9-18/h4-13,16-17,23H,14-15H2,1-3H3. The average molecular weight is 390 g/mol. The van der Waals surface area contributed by atoms with Gasteiger partial charge in [-0.2, -0.15) is 0 Å². The summed E-state index contributed by atoms with van der Waals surface area (Å²) in [6, 6.07) is 19.6. The van der Waals surface area contributed by atoms with Gasteiger partial charge < -0.3 is 18.9 Å². The maximum Gasteiger partial charge on any atom is 0.254 e. The molecule has 1 atom stereocenters. The van der Waals surface area contributed by atoms with E-state index in [0.29, 0.717) is 23.6 Å². The quantitative estimate of drug-likeness (QED) is 0.643. The monoisotopic (exact) mass is 390 g/mol. The van der Waals surface area contributed by atoms with Crippen LogP contribution in [0.5, 0.6) is 11.5 Å². The maximum atomic E-state index is 13.5. The molecule has 0 saturated heterocycles. The van der Waals surface area contributed by atoms with E-state index in [1.165, 1.54) is 0 Å². The van der Waals surface area contributed by atoms with E-state index < -0.39 is 0 Å². The molecule has 0 spiro atoms. The van der Waals surface area contributed by atoms with Crippen LogP contribution in [0.4, 0.5) is 0 Å². The predicted molar refractivity (Wildman–Crippen MR) is 113 cm³/mol. The van der Waals surface area contributed by atoms with Crippen LogP contribution in [0.2, 0.25) is 0 Å². The molecule has 0 aliphatic carbocycles. The third-order valence-corrected chi connectivity index (χ3v) is 5.19. The van der Waals surface area contributed by atoms with Gasteiger partial charge in [-0.25, -0.2) is 0 Å². The highest BCUT2D eigenvalue weighted by Crippen LogP contribution is 2.35. The third kappa shape index (κ3) is 3.73. The molecule has 1 amide bonds. The van der Waals surface area contributed by atoms with Crippen molar-refractivity contribution < 1.29 is 14.3 Å². The molecule has 0 bridgehead atoms. The minimum Gasteiger partial charge on any atom is -0.493 e. The second kappa shape index (κ2) is 8.03. The van der Waals surface area contributed by atoms with Crippen molar-refractivity contribution in [3.8, 4) is 11.5 Å². The van der Waals surface area contributed by atoms with Crippen molar-refractivity contribution in [1.29, 1.82) is 0 Å². The Hall–Kier alpha value is -3.21. The highest BCUT2D eigenvalue weighted by Gasteiger charge is 2.32. The van der Waals surface area contributed by atoms with Crippen LogP contribution in [-0.2, 0) is 6.54 Å². The molecule has 0 saturated carbocycles. The van der Waals surface area contributed by atoms with E-state index in [4.69, 9.17) is 9.47 Å². The van der Waals surface area contributed by atoms with Crippen molar-refractivity contribution in [3.05, 3.63) is 83.7 Å². The Morgan fingerprint density at radius 2 is 1.79 bits per heavy atom. The fraction of sp³-hybridized carbons (Fsp3) is 0.292. The lowest BCUT2D eigenvalue weighted by Gasteiger charge is -2.37. The van der Waals surface area contributed by atoms with Crippen LogP contribution in [-0.4, -0.2) is 35.1 Å². The van der Waals surface area contributed by atoms with Crippen LogP contribution in [0, 0.1) is 0 Å². The van der Waals surface area contributed by atoms with Gasteiger partial charge in [0.2, 0.25) is 0 Å². The third-order valence-electron chi connectivity index (χ3n) is 5.19. The van der Waals surface area contributed by atoms with Gasteiger partial charge in [0.1, 0.15) is 0 Å². The number of benzene rings is 2. The van der Waals surface area contributed by atoms with Gasteiger partial charge in [-0.1, -0.05) is 30.3 Å². The molecule has 5 heteroatoms. The van der Waals surface area contributed by atoms with Gasteiger partial charge in [0, 0.05) is 30.5 Å². The number of hydrogen-bond acceptors (Lipinski definition) is 3. The predicted octanol–water partition coefficient (Wildman–Crippen LogP) is 4.53. The number of carbonyl (C=O) groups excluding carboxylic acids is 1. The molecule has 3 aromatic rings. The summed E-state index contributed by atoms with van der Waals surface area (Å²) in [4.78, 5) is 15.5. The molecule has 1 unspecified atom stereocenters. The van der Waals surface area contributed by atoms with Crippen molar-refractivity contribution in [2.24, 2.45) is 0 Å². The van der Waals surface area contributed by atoms with Gasteiger partial charge in [-0.05, 0) is 49.7 Å². The van der Waals surface area contributed by atoms with E-state index in [2.05, 4.69) is 29.0 Å². The molecule has 4 rings (SSSR count). The Balaban J connectivity index is 1.70. The molecular weight excluding hydrogens is 364 g/mol. The number of fused-ring (bicyclic) bond motifs is 1. The van der Waals surface area contributed by atoms with Gasteiger partial charge in [-0.3, -0.25) is 4.79 Å². The number of hydrogen-bond donors (Lipinski definition) is 0. The number of rotatable bonds is 5. The van der Waals surface area contributed by atoms with E-state index in [1.54, 1.807) is 13.2 Å². The number of ether oxygens (including phenoxy) is 2. The summed E-state index contributed by atoms with van der Waals surface area (Å²) in [5.74, 6) is 1.20. The lowest BCUT2D eigenvalue weighted by Crippen LogP contribution is -2.42. The fourth-order valence-corrected chi connectivity index (χ4v) is 3.91. The van der Waals surface area contributed by atoms with Crippen LogP contribution in [0.1, 0.15) is 41.5 Å². The highest BCUT2D eigenvalue weighted by molar-refractivity contribution is 5.95. The maximum absolute atomic E-state index is 13.5. The Morgan fingerprint density at radius 1 is 1.00 bits per heavy atom. The van der Waals surface area contributed by atoms with Gasteiger partial charge in [0.25, 0.3) is 5.91 Å². The van der Waals surface area contributed by atoms with E-state index in [0.717, 1.165) is 17.8 Å². The van der Waals surface area contributed by atoms with Crippen LogP contribution >= 0.6 is 0 Å². The average Bonchev–Trinajstić information content (AvgIpc) is 3.22. The molecule has 0 radical (unpaired) electrons. The first kappa shape index (κ1) is 19.1. The molecule has 150 valence electrons. The zero-order chi connectivity index (χ0) is 20.4. The second-order valence-electron chi connectivity index (χ2n) is 7.47. The van der Waals surface area contributed by atoms with E-state index >= 15 is 0 Å². The van der Waals surface area contributed by atoms with Crippen LogP contribution < -0.4 is 9.47 Å². The summed E-state index contributed by atoms with van der Waals surface area (Å²) in [6.45, 7) is 5.35. The molecule has 1 aliphatic heterocycles. The summed E-state index contributed by atoms with van der Waals surface area (Å²) in [5, 5.41) is 0. The molecular formula is C24H26N2O3. The summed E-state index contributed by atoms with van der Waals surface area (Å²) in [5.41, 5.74) is 2.83. The fourth-order valence-electron chi connectivity index (χ4n) is 3.91. The lowest BCUT2D eigenvalue weighted by atomic mass is 9.99. The van der Waals surface area contributed by atoms with E-state index in [9.17, 15) is 4.79 Å². The largest absolute Gasteiger partial charge is 0.493 e. The first-order chi connectivity index (χ1) is 14.1. The molecule has 5 nitrogen and oxygen atoms in total. The second-order valence-corrected chi connectivity index (χ2v) is 7.47. The van der Waals surface area contributed by atoms with E-state index in [-0.39, 0.29) is 18.1 Å². The first-order valence-electron chi connectivity index (χ1n) is 9.94. The van der Waals surface area contributed by atoms with Crippen LogP contribution in [0.15, 0.2) is 66.9 Å². The van der Waals surface area contributed by atoms with Gasteiger partial charge >= 0.3 is 0 Å². The van der Waals surface area contributed by atoms with Crippen LogP contribution in [0.25, 0.3) is 0 Å². The molecule has 1 aliphatic rings. The minimum atomic E-state index is -0.120. The Kier molecular flexibility index (Phi) is 5.30. The van der Waals surface area contributed by atoms with Gasteiger partial charge in [0.05, 0.1) is 19.3 Å². The number of carbonyl (C=O) groups is 1. The summed E-state index contributed by atoms with van der Waals surface area (Å²) in [6.07, 6.45) is 2.11. The van der Waals surface area contributed by atoms with Crippen LogP contribution in [0.3, 0.4) is 0 Å². The van der Waals surface area contributed by atoms with Crippen molar-refractivity contribution in [3.63, 3.8) is 0 Å². The zero-order valence-corrected chi connectivity index (χ0v) is 17.0. The summed E-state index contributed by atoms with van der Waals surface area (Å²) < 4.78 is 13.5. The molecule has 0 N–H and O–H groups in total. The topological polar surface area (TPSA) is 43.7 Å². The molecule has 1 aromatic heterocycles. The minimum absolute atomic E-state index is 0.0132. The van der Waals surface area contributed by atoms with E-state index in [1.807, 2.05) is 55.1 Å². The van der Waals surface area contributed by atoms with Crippen molar-refractivity contribution in [1.82, 2.24) is 9.47 Å². The highest BCUT2D eigenvalue weighted by atomic mass is 16.5. The Labute approximate surface area is 171 Å². The number of aromatic nitrogens is 1. The Morgan fingerprint density at radius 3 is 2.52 bits per heavy atom. The number of methoxy groups -OCH3 is 1. The number of nitrogens with zero attached hydrogens (tertiary/aromatic N) is 2. The normalized spacial score (nSPS) is 15.9. The van der Waals surface area contributed by atoms with Gasteiger partial charge in [0.15, 0.2) is 11.5 Å². The first-order valence-corrected chi connectivity index (χ1v) is 9.94. The van der Waals surface area contributed by atoms with Crippen molar-refractivity contribution >= 4 is 5.91 Å². The summed E-state index contributed by atoms with van der Waals surface area (Å²) in [7, 11) is 1.59. The molecule has 0 fully saturated rings. The smallest absolute Gasteiger partial charge is 0.254 e. The zero-order valence-electron chi connectivity index (χ0n) is 17.0. The molecule has 2 aromatic carbocycles. The van der Waals surface area contributed by atoms with Crippen molar-refractivity contribution in [2.45, 2.75) is 32.5 Å².